The molecule has 0 aromatic heterocycles. The minimum absolute atomic E-state index is 0.0839. The molecular weight excluding hydrogens is 390 g/mol. The average Bonchev–Trinajstić information content (AvgIpc) is 3.13. The van der Waals surface area contributed by atoms with E-state index in [1.54, 1.807) is 47.4 Å². The molecule has 1 atom stereocenters. The Morgan fingerprint density at radius 2 is 1.80 bits per heavy atom. The minimum atomic E-state index is -0.449. The van der Waals surface area contributed by atoms with Gasteiger partial charge in [-0.25, -0.2) is 9.59 Å². The summed E-state index contributed by atoms with van der Waals surface area (Å²) in [6.45, 7) is 1.32. The van der Waals surface area contributed by atoms with Crippen molar-refractivity contribution in [3.05, 3.63) is 48.0 Å². The van der Waals surface area contributed by atoms with Gasteiger partial charge in [0.05, 0.1) is 18.7 Å². The quantitative estimate of drug-likeness (QED) is 0.747. The molecule has 156 valence electrons. The third-order valence-electron chi connectivity index (χ3n) is 4.86. The Morgan fingerprint density at radius 3 is 2.53 bits per heavy atom. The molecule has 2 aromatic rings. The number of rotatable bonds is 4. The second kappa shape index (κ2) is 8.32. The minimum Gasteiger partial charge on any atom is -0.486 e. The lowest BCUT2D eigenvalue weighted by Crippen LogP contribution is -2.39. The summed E-state index contributed by atoms with van der Waals surface area (Å²) in [6, 6.07) is 10.9. The van der Waals surface area contributed by atoms with Crippen molar-refractivity contribution in [2.24, 2.45) is 0 Å². The number of nitrogens with one attached hydrogen (secondary N) is 2. The van der Waals surface area contributed by atoms with Crippen molar-refractivity contribution >= 4 is 29.3 Å². The fraction of sp³-hybridized carbons (Fsp3) is 0.286. The molecule has 2 aliphatic heterocycles. The zero-order chi connectivity index (χ0) is 21.1. The molecule has 2 N–H and O–H groups in total. The number of hydrogen-bond acceptors (Lipinski definition) is 6. The monoisotopic (exact) mass is 411 g/mol. The molecular formula is C21H21N3O6. The number of nitrogens with zero attached hydrogens (tertiary/aromatic N) is 1. The largest absolute Gasteiger partial charge is 0.486 e. The Hall–Kier alpha value is -3.75. The topological polar surface area (TPSA) is 106 Å². The summed E-state index contributed by atoms with van der Waals surface area (Å²) in [7, 11) is 1.30. The Bertz CT molecular complexity index is 975. The molecule has 2 aliphatic rings. The molecule has 0 unspecified atom stereocenters. The lowest BCUT2D eigenvalue weighted by Gasteiger charge is -2.22. The molecule has 3 amide bonds. The summed E-state index contributed by atoms with van der Waals surface area (Å²) >= 11 is 0. The molecule has 0 spiro atoms. The van der Waals surface area contributed by atoms with Crippen LogP contribution < -0.4 is 25.0 Å². The van der Waals surface area contributed by atoms with Gasteiger partial charge in [0.2, 0.25) is 5.91 Å². The van der Waals surface area contributed by atoms with E-state index in [1.807, 2.05) is 0 Å². The van der Waals surface area contributed by atoms with Crippen LogP contribution in [0.1, 0.15) is 16.8 Å². The van der Waals surface area contributed by atoms with E-state index in [1.165, 1.54) is 7.11 Å². The van der Waals surface area contributed by atoms with Gasteiger partial charge in [-0.1, -0.05) is 0 Å². The normalized spacial score (nSPS) is 17.4. The number of benzene rings is 2. The van der Waals surface area contributed by atoms with E-state index in [9.17, 15) is 14.4 Å². The van der Waals surface area contributed by atoms with Gasteiger partial charge in [-0.05, 0) is 36.4 Å². The highest BCUT2D eigenvalue weighted by molar-refractivity contribution is 5.98. The fourth-order valence-corrected chi connectivity index (χ4v) is 3.41. The van der Waals surface area contributed by atoms with E-state index in [2.05, 4.69) is 15.4 Å². The number of urea groups is 1. The molecule has 1 fully saturated rings. The molecule has 1 saturated heterocycles. The first-order chi connectivity index (χ1) is 14.5. The van der Waals surface area contributed by atoms with Gasteiger partial charge >= 0.3 is 12.0 Å². The molecule has 30 heavy (non-hydrogen) atoms. The Kier molecular flexibility index (Phi) is 5.42. The molecule has 0 radical (unpaired) electrons. The maximum atomic E-state index is 12.5. The number of hydrogen-bond donors (Lipinski definition) is 2. The molecule has 0 aliphatic carbocycles. The highest BCUT2D eigenvalue weighted by Gasteiger charge is 2.32. The van der Waals surface area contributed by atoms with Crippen molar-refractivity contribution in [2.75, 3.05) is 37.1 Å². The van der Waals surface area contributed by atoms with Gasteiger partial charge in [0.15, 0.2) is 11.5 Å². The second-order valence-corrected chi connectivity index (χ2v) is 6.90. The Balaban J connectivity index is 1.35. The SMILES string of the molecule is COC(=O)c1ccc(NC(=O)N[C@@H]2CC(=O)N(c3ccc4c(c3)OCCO4)C2)cc1. The van der Waals surface area contributed by atoms with E-state index < -0.39 is 12.0 Å². The van der Waals surface area contributed by atoms with Crippen LogP contribution >= 0.6 is 0 Å². The van der Waals surface area contributed by atoms with E-state index in [4.69, 9.17) is 9.47 Å². The van der Waals surface area contributed by atoms with Gasteiger partial charge in [0.25, 0.3) is 0 Å². The number of carbonyl (C=O) groups excluding carboxylic acids is 3. The van der Waals surface area contributed by atoms with Crippen LogP contribution in [-0.2, 0) is 9.53 Å². The van der Waals surface area contributed by atoms with Gasteiger partial charge in [0.1, 0.15) is 13.2 Å². The van der Waals surface area contributed by atoms with E-state index in [-0.39, 0.29) is 18.4 Å². The number of esters is 1. The van der Waals surface area contributed by atoms with Crippen LogP contribution in [0.4, 0.5) is 16.2 Å². The predicted octanol–water partition coefficient (Wildman–Crippen LogP) is 2.17. The maximum Gasteiger partial charge on any atom is 0.337 e. The molecule has 4 rings (SSSR count). The van der Waals surface area contributed by atoms with Crippen molar-refractivity contribution in [3.63, 3.8) is 0 Å². The molecule has 0 bridgehead atoms. The standard InChI is InChI=1S/C21H21N3O6/c1-28-20(26)13-2-4-14(5-3-13)22-21(27)23-15-10-19(25)24(12-15)16-6-7-17-18(11-16)30-9-8-29-17/h2-7,11,15H,8-10,12H2,1H3,(H2,22,23,27)/t15-/m1/s1. The first-order valence-corrected chi connectivity index (χ1v) is 9.49. The molecule has 9 nitrogen and oxygen atoms in total. The van der Waals surface area contributed by atoms with E-state index >= 15 is 0 Å². The van der Waals surface area contributed by atoms with Crippen LogP contribution in [-0.4, -0.2) is 50.8 Å². The molecule has 2 heterocycles. The van der Waals surface area contributed by atoms with Crippen LogP contribution in [0, 0.1) is 0 Å². The smallest absolute Gasteiger partial charge is 0.337 e. The van der Waals surface area contributed by atoms with Crippen molar-refractivity contribution < 1.29 is 28.6 Å². The average molecular weight is 411 g/mol. The number of anilines is 2. The number of amides is 3. The van der Waals surface area contributed by atoms with Crippen molar-refractivity contribution in [2.45, 2.75) is 12.5 Å². The summed E-state index contributed by atoms with van der Waals surface area (Å²) < 4.78 is 15.7. The molecule has 9 heteroatoms. The fourth-order valence-electron chi connectivity index (χ4n) is 3.41. The van der Waals surface area contributed by atoms with Crippen molar-refractivity contribution in [1.82, 2.24) is 5.32 Å². The van der Waals surface area contributed by atoms with E-state index in [0.29, 0.717) is 48.2 Å². The van der Waals surface area contributed by atoms with Crippen LogP contribution in [0.3, 0.4) is 0 Å². The Labute approximate surface area is 172 Å². The molecule has 0 saturated carbocycles. The number of methoxy groups -OCH3 is 1. The van der Waals surface area contributed by atoms with Gasteiger partial charge in [0, 0.05) is 30.4 Å². The van der Waals surface area contributed by atoms with Gasteiger partial charge in [-0.15, -0.1) is 0 Å². The van der Waals surface area contributed by atoms with Gasteiger partial charge < -0.3 is 29.7 Å². The zero-order valence-corrected chi connectivity index (χ0v) is 16.3. The second-order valence-electron chi connectivity index (χ2n) is 6.90. The van der Waals surface area contributed by atoms with Crippen LogP contribution in [0.15, 0.2) is 42.5 Å². The highest BCUT2D eigenvalue weighted by Crippen LogP contribution is 2.35. The van der Waals surface area contributed by atoms with E-state index in [0.717, 1.165) is 0 Å². The third kappa shape index (κ3) is 4.14. The lowest BCUT2D eigenvalue weighted by atomic mass is 10.2. The van der Waals surface area contributed by atoms with Crippen LogP contribution in [0.2, 0.25) is 0 Å². The first kappa shape index (κ1) is 19.6. The molecule has 2 aromatic carbocycles. The van der Waals surface area contributed by atoms with Crippen molar-refractivity contribution in [1.29, 1.82) is 0 Å². The number of carbonyl (C=O) groups is 3. The first-order valence-electron chi connectivity index (χ1n) is 9.49. The summed E-state index contributed by atoms with van der Waals surface area (Å²) in [4.78, 5) is 37.8. The summed E-state index contributed by atoms with van der Waals surface area (Å²) in [5.74, 6) is 0.731. The number of fused-ring (bicyclic) bond motifs is 1. The third-order valence-corrected chi connectivity index (χ3v) is 4.86. The Morgan fingerprint density at radius 1 is 1.07 bits per heavy atom. The summed E-state index contributed by atoms with van der Waals surface area (Å²) in [6.07, 6.45) is 0.198. The van der Waals surface area contributed by atoms with Gasteiger partial charge in [-0.3, -0.25) is 4.79 Å². The zero-order valence-electron chi connectivity index (χ0n) is 16.3. The van der Waals surface area contributed by atoms with Crippen molar-refractivity contribution in [3.8, 4) is 11.5 Å². The van der Waals surface area contributed by atoms with Gasteiger partial charge in [-0.2, -0.15) is 0 Å². The van der Waals surface area contributed by atoms with Crippen LogP contribution in [0.25, 0.3) is 0 Å². The summed E-state index contributed by atoms with van der Waals surface area (Å²) in [5.41, 5.74) is 1.61. The predicted molar refractivity (Wildman–Crippen MR) is 108 cm³/mol. The van der Waals surface area contributed by atoms with Crippen LogP contribution in [0.5, 0.6) is 11.5 Å². The number of ether oxygens (including phenoxy) is 3. The lowest BCUT2D eigenvalue weighted by molar-refractivity contribution is -0.117. The highest BCUT2D eigenvalue weighted by atomic mass is 16.6. The summed E-state index contributed by atoms with van der Waals surface area (Å²) in [5, 5.41) is 5.50. The maximum absolute atomic E-state index is 12.5.